The van der Waals surface area contributed by atoms with Gasteiger partial charge in [-0.25, -0.2) is 0 Å². The van der Waals surface area contributed by atoms with Crippen LogP contribution in [0.3, 0.4) is 0 Å². The molecule has 1 spiro atoms. The number of hydrogen-bond acceptors (Lipinski definition) is 7. The Morgan fingerprint density at radius 2 is 1.56 bits per heavy atom. The van der Waals surface area contributed by atoms with Gasteiger partial charge >= 0.3 is 0 Å². The molecule has 0 atom stereocenters. The van der Waals surface area contributed by atoms with E-state index in [4.69, 9.17) is 16.2 Å². The van der Waals surface area contributed by atoms with E-state index in [1.165, 1.54) is 7.05 Å². The molecule has 0 bridgehead atoms. The predicted octanol–water partition coefficient (Wildman–Crippen LogP) is 4.04. The van der Waals surface area contributed by atoms with Gasteiger partial charge in [-0.3, -0.25) is 0 Å². The van der Waals surface area contributed by atoms with Gasteiger partial charge in [0.25, 0.3) is 0 Å². The molecule has 6 nitrogen and oxygen atoms in total. The number of fused-ring (bicyclic) bond motifs is 1. The molecular weight excluding hydrogens is 420 g/mol. The highest BCUT2D eigenvalue weighted by atomic mass is 32.1. The Morgan fingerprint density at radius 1 is 1.00 bits per heavy atom. The number of benzene rings is 2. The van der Waals surface area contributed by atoms with Crippen molar-refractivity contribution in [3.63, 3.8) is 0 Å². The summed E-state index contributed by atoms with van der Waals surface area (Å²) in [6, 6.07) is 13.3. The van der Waals surface area contributed by atoms with Crippen LogP contribution in [0.25, 0.3) is 5.57 Å². The number of phenolic OH excluding ortho intramolecular Hbond substituents is 1. The van der Waals surface area contributed by atoms with E-state index < -0.39 is 6.17 Å². The summed E-state index contributed by atoms with van der Waals surface area (Å²) in [6.45, 7) is 5.83. The van der Waals surface area contributed by atoms with Crippen molar-refractivity contribution in [2.75, 3.05) is 26.4 Å². The molecule has 0 unspecified atom stereocenters. The minimum Gasteiger partial charge on any atom is -0.507 e. The van der Waals surface area contributed by atoms with Gasteiger partial charge in [0, 0.05) is 12.8 Å². The summed E-state index contributed by atoms with van der Waals surface area (Å²) < 4.78 is 6.34. The Morgan fingerprint density at radius 3 is 2.09 bits per heavy atom. The fraction of sp³-hybridized carbons (Fsp3) is 0.440. The van der Waals surface area contributed by atoms with E-state index in [0.29, 0.717) is 0 Å². The highest BCUT2D eigenvalue weighted by molar-refractivity contribution is 7.79. The maximum absolute atomic E-state index is 10.4. The number of nitrogens with one attached hydrogen (secondary N) is 1. The summed E-state index contributed by atoms with van der Waals surface area (Å²) in [5.41, 5.74) is 19.3. The Bertz CT molecular complexity index is 817. The van der Waals surface area contributed by atoms with Crippen molar-refractivity contribution in [1.82, 2.24) is 5.32 Å². The lowest BCUT2D eigenvalue weighted by molar-refractivity contribution is 0.0813. The van der Waals surface area contributed by atoms with Crippen molar-refractivity contribution in [3.8, 4) is 11.5 Å². The van der Waals surface area contributed by atoms with Crippen LogP contribution in [-0.4, -0.2) is 37.1 Å². The van der Waals surface area contributed by atoms with E-state index in [2.05, 4.69) is 29.8 Å². The quantitative estimate of drug-likeness (QED) is 0.296. The molecule has 2 aromatic carbocycles. The maximum atomic E-state index is 10.4. The van der Waals surface area contributed by atoms with Gasteiger partial charge in [0.1, 0.15) is 17.1 Å². The second kappa shape index (κ2) is 14.9. The van der Waals surface area contributed by atoms with E-state index >= 15 is 0 Å². The van der Waals surface area contributed by atoms with Crippen LogP contribution in [0.4, 0.5) is 0 Å². The Hall–Kier alpha value is -2.03. The second-order valence-electron chi connectivity index (χ2n) is 6.77. The zero-order valence-electron chi connectivity index (χ0n) is 19.1. The van der Waals surface area contributed by atoms with E-state index in [0.717, 1.165) is 53.9 Å². The molecule has 0 aromatic heterocycles. The van der Waals surface area contributed by atoms with Crippen molar-refractivity contribution in [3.05, 3.63) is 65.2 Å². The minimum atomic E-state index is -0.492. The van der Waals surface area contributed by atoms with E-state index in [1.807, 2.05) is 50.2 Å². The molecule has 2 aromatic rings. The first kappa shape index (κ1) is 30.0. The molecule has 7 heteroatoms. The van der Waals surface area contributed by atoms with Gasteiger partial charge in [0.05, 0.1) is 11.7 Å². The first-order chi connectivity index (χ1) is 15.1. The zero-order chi connectivity index (χ0) is 23.4. The monoisotopic (exact) mass is 462 g/mol. The van der Waals surface area contributed by atoms with Gasteiger partial charge in [0.15, 0.2) is 0 Å². The molecule has 180 valence electrons. The van der Waals surface area contributed by atoms with Crippen LogP contribution in [0.1, 0.15) is 57.0 Å². The molecule has 0 radical (unpaired) electrons. The molecule has 1 saturated heterocycles. The van der Waals surface area contributed by atoms with Gasteiger partial charge in [-0.15, -0.1) is 0 Å². The number of piperidine rings is 1. The number of phenols is 1. The average Bonchev–Trinajstić information content (AvgIpc) is 2.83. The zero-order valence-corrected chi connectivity index (χ0v) is 20.0. The van der Waals surface area contributed by atoms with E-state index in [9.17, 15) is 5.11 Å². The summed E-state index contributed by atoms with van der Waals surface area (Å²) >= 11 is 3.53. The SMILES string of the molecule is C.CC.CN.CS.NC(N)c1ccc(C2=CC3(CCNCC3)Oc3cccc(O)c32)cc1. The van der Waals surface area contributed by atoms with Crippen molar-refractivity contribution < 1.29 is 9.84 Å². The van der Waals surface area contributed by atoms with Crippen molar-refractivity contribution in [2.24, 2.45) is 17.2 Å². The first-order valence-corrected chi connectivity index (χ1v) is 11.6. The number of aromatic hydroxyl groups is 1. The predicted molar refractivity (Wildman–Crippen MR) is 141 cm³/mol. The minimum absolute atomic E-state index is 0. The standard InChI is InChI=1S/C20H23N3O2.C2H6.CH5N.CH4S.CH4/c21-19(22)14-6-4-13(5-7-14)15-12-20(8-10-23-11-9-20)25-17-3-1-2-16(24)18(15)17;3*1-2;/h1-7,12,19,23-24H,8-11,21-22H2;1-2H3;2H2,1H3;2H,1H3;1H4. The number of rotatable bonds is 2. The normalized spacial score (nSPS) is 15.1. The Labute approximate surface area is 199 Å². The molecule has 2 heterocycles. The van der Waals surface area contributed by atoms with Gasteiger partial charge in [-0.1, -0.05) is 51.6 Å². The fourth-order valence-corrected chi connectivity index (χ4v) is 3.67. The van der Waals surface area contributed by atoms with E-state index in [-0.39, 0.29) is 18.8 Å². The average molecular weight is 463 g/mol. The number of nitrogens with two attached hydrogens (primary N) is 3. The molecule has 0 amide bonds. The number of ether oxygens (including phenoxy) is 1. The Balaban J connectivity index is 0.00000127. The molecule has 0 saturated carbocycles. The third-order valence-corrected chi connectivity index (χ3v) is 5.05. The van der Waals surface area contributed by atoms with Gasteiger partial charge in [-0.2, -0.15) is 12.6 Å². The smallest absolute Gasteiger partial charge is 0.132 e. The van der Waals surface area contributed by atoms with Crippen LogP contribution in [0.5, 0.6) is 11.5 Å². The molecular formula is C25H42N4O2S. The summed E-state index contributed by atoms with van der Waals surface area (Å²) in [4.78, 5) is 0. The Kier molecular flexibility index (Phi) is 14.0. The molecule has 2 aliphatic rings. The lowest BCUT2D eigenvalue weighted by Gasteiger charge is -2.40. The van der Waals surface area contributed by atoms with Crippen LogP contribution in [0.15, 0.2) is 48.5 Å². The second-order valence-corrected chi connectivity index (χ2v) is 6.77. The molecule has 32 heavy (non-hydrogen) atoms. The first-order valence-electron chi connectivity index (χ1n) is 10.7. The van der Waals surface area contributed by atoms with Gasteiger partial charge < -0.3 is 32.4 Å². The number of thiol groups is 1. The molecule has 4 rings (SSSR count). The van der Waals surface area contributed by atoms with Crippen molar-refractivity contribution in [1.29, 1.82) is 0 Å². The van der Waals surface area contributed by atoms with Gasteiger partial charge in [-0.05, 0) is 61.3 Å². The van der Waals surface area contributed by atoms with Crippen LogP contribution < -0.4 is 27.3 Å². The summed E-state index contributed by atoms with van der Waals surface area (Å²) in [5.74, 6) is 0.964. The van der Waals surface area contributed by atoms with Crippen LogP contribution >= 0.6 is 12.6 Å². The van der Waals surface area contributed by atoms with Crippen LogP contribution in [0.2, 0.25) is 0 Å². The van der Waals surface area contributed by atoms with Crippen molar-refractivity contribution >= 4 is 18.2 Å². The molecule has 2 aliphatic heterocycles. The maximum Gasteiger partial charge on any atom is 0.132 e. The number of hydrogen-bond donors (Lipinski definition) is 6. The van der Waals surface area contributed by atoms with Crippen LogP contribution in [0, 0.1) is 0 Å². The summed E-state index contributed by atoms with van der Waals surface area (Å²) in [7, 11) is 1.50. The van der Waals surface area contributed by atoms with Crippen molar-refractivity contribution in [2.45, 2.75) is 45.9 Å². The topological polar surface area (TPSA) is 120 Å². The lowest BCUT2D eigenvalue weighted by Crippen LogP contribution is -2.46. The molecule has 8 N–H and O–H groups in total. The summed E-state index contributed by atoms with van der Waals surface area (Å²) in [6.07, 6.45) is 5.18. The largest absolute Gasteiger partial charge is 0.507 e. The fourth-order valence-electron chi connectivity index (χ4n) is 3.67. The third-order valence-electron chi connectivity index (χ3n) is 5.05. The highest BCUT2D eigenvalue weighted by Gasteiger charge is 2.37. The summed E-state index contributed by atoms with van der Waals surface area (Å²) in [5, 5.41) is 13.8. The van der Waals surface area contributed by atoms with E-state index in [1.54, 1.807) is 12.3 Å². The molecule has 1 fully saturated rings. The highest BCUT2D eigenvalue weighted by Crippen LogP contribution is 2.46. The molecule has 0 aliphatic carbocycles. The van der Waals surface area contributed by atoms with Gasteiger partial charge in [0.2, 0.25) is 0 Å². The van der Waals surface area contributed by atoms with Crippen LogP contribution in [-0.2, 0) is 0 Å². The lowest BCUT2D eigenvalue weighted by atomic mass is 9.83. The third kappa shape index (κ3) is 6.98.